The minimum Gasteiger partial charge on any atom is -0.353 e. The third kappa shape index (κ3) is 3.44. The summed E-state index contributed by atoms with van der Waals surface area (Å²) in [4.78, 5) is 19.5. The zero-order valence-corrected chi connectivity index (χ0v) is 17.0. The summed E-state index contributed by atoms with van der Waals surface area (Å²) in [5.41, 5.74) is 2.39. The number of amides is 1. The topological polar surface area (TPSA) is 50.2 Å². The molecule has 0 unspecified atom stereocenters. The van der Waals surface area contributed by atoms with E-state index in [0.717, 1.165) is 55.9 Å². The summed E-state index contributed by atoms with van der Waals surface area (Å²) >= 11 is 6.03. The first-order valence-corrected chi connectivity index (χ1v) is 10.8. The summed E-state index contributed by atoms with van der Waals surface area (Å²) in [6.07, 6.45) is 12.2. The average molecular weight is 415 g/mol. The van der Waals surface area contributed by atoms with Crippen molar-refractivity contribution in [2.24, 2.45) is 5.92 Å². The number of rotatable bonds is 4. The van der Waals surface area contributed by atoms with Gasteiger partial charge < -0.3 is 10.2 Å². The molecule has 152 valence electrons. The number of hydrogen-bond donors (Lipinski definition) is 1. The molecule has 2 heterocycles. The number of allylic oxidation sites excluding steroid dienone is 4. The van der Waals surface area contributed by atoms with Crippen molar-refractivity contribution < 1.29 is 9.18 Å². The van der Waals surface area contributed by atoms with Crippen molar-refractivity contribution in [1.82, 2.24) is 14.9 Å². The first kappa shape index (κ1) is 18.7. The number of hydrogen-bond acceptors (Lipinski definition) is 3. The molecule has 1 aromatic carbocycles. The number of nitrogens with zero attached hydrogens (tertiary/aromatic N) is 3. The number of benzene rings is 1. The predicted octanol–water partition coefficient (Wildman–Crippen LogP) is 4.51. The van der Waals surface area contributed by atoms with Crippen molar-refractivity contribution in [2.75, 3.05) is 18.0 Å². The minimum absolute atomic E-state index is 0.0550. The Morgan fingerprint density at radius 2 is 1.90 bits per heavy atom. The fraction of sp³-hybridized carbons (Fsp3) is 0.455. The van der Waals surface area contributed by atoms with Gasteiger partial charge in [0.25, 0.3) is 0 Å². The van der Waals surface area contributed by atoms with Gasteiger partial charge in [0, 0.05) is 36.8 Å². The quantitative estimate of drug-likeness (QED) is 0.800. The summed E-state index contributed by atoms with van der Waals surface area (Å²) in [5, 5.41) is 3.33. The Labute approximate surface area is 174 Å². The van der Waals surface area contributed by atoms with Gasteiger partial charge in [-0.1, -0.05) is 30.5 Å². The van der Waals surface area contributed by atoms with E-state index in [1.165, 1.54) is 18.9 Å². The van der Waals surface area contributed by atoms with E-state index >= 15 is 0 Å². The number of carbonyl (C=O) groups is 1. The van der Waals surface area contributed by atoms with E-state index in [1.807, 2.05) is 22.8 Å². The molecular formula is C22H24ClFN4O. The van der Waals surface area contributed by atoms with Crippen molar-refractivity contribution >= 4 is 40.2 Å². The molecule has 2 aliphatic carbocycles. The van der Waals surface area contributed by atoms with Crippen molar-refractivity contribution in [3.05, 3.63) is 41.2 Å². The Morgan fingerprint density at radius 1 is 1.17 bits per heavy atom. The van der Waals surface area contributed by atoms with E-state index in [1.54, 1.807) is 6.07 Å². The second kappa shape index (κ2) is 7.48. The van der Waals surface area contributed by atoms with Crippen LogP contribution in [-0.4, -0.2) is 34.6 Å². The second-order valence-corrected chi connectivity index (χ2v) is 8.61. The van der Waals surface area contributed by atoms with Gasteiger partial charge >= 0.3 is 0 Å². The van der Waals surface area contributed by atoms with Crippen LogP contribution in [0.15, 0.2) is 30.4 Å². The van der Waals surface area contributed by atoms with Gasteiger partial charge in [-0.2, -0.15) is 0 Å². The summed E-state index contributed by atoms with van der Waals surface area (Å²) in [6, 6.07) is 3.39. The number of imidazole rings is 1. The number of halogens is 2. The van der Waals surface area contributed by atoms with Crippen LogP contribution in [0.1, 0.15) is 38.5 Å². The Kier molecular flexibility index (Phi) is 4.82. The Bertz CT molecular complexity index is 1010. The highest BCUT2D eigenvalue weighted by Gasteiger charge is 2.30. The van der Waals surface area contributed by atoms with E-state index in [4.69, 9.17) is 16.6 Å². The molecular weight excluding hydrogens is 391 g/mol. The summed E-state index contributed by atoms with van der Waals surface area (Å²) in [5.74, 6) is 0.575. The molecule has 1 aromatic heterocycles. The van der Waals surface area contributed by atoms with Gasteiger partial charge in [0.05, 0.1) is 16.1 Å². The van der Waals surface area contributed by atoms with Gasteiger partial charge in [-0.3, -0.25) is 9.36 Å². The number of piperidine rings is 1. The first-order valence-electron chi connectivity index (χ1n) is 10.4. The number of nitrogens with one attached hydrogen (secondary N) is 1. The van der Waals surface area contributed by atoms with Crippen molar-refractivity contribution in [3.8, 4) is 0 Å². The molecule has 1 amide bonds. The van der Waals surface area contributed by atoms with Crippen LogP contribution in [0.3, 0.4) is 0 Å². The lowest BCUT2D eigenvalue weighted by molar-refractivity contribution is -0.126. The maximum Gasteiger partial charge on any atom is 0.223 e. The van der Waals surface area contributed by atoms with Gasteiger partial charge in [-0.05, 0) is 43.9 Å². The van der Waals surface area contributed by atoms with Crippen molar-refractivity contribution in [2.45, 2.75) is 44.6 Å². The molecule has 0 spiro atoms. The molecule has 5 rings (SSSR count). The van der Waals surface area contributed by atoms with E-state index in [-0.39, 0.29) is 16.8 Å². The first-order chi connectivity index (χ1) is 14.1. The highest BCUT2D eigenvalue weighted by atomic mass is 35.5. The Hall–Kier alpha value is -2.34. The van der Waals surface area contributed by atoms with Crippen LogP contribution in [0, 0.1) is 11.7 Å². The normalized spacial score (nSPS) is 20.2. The lowest BCUT2D eigenvalue weighted by Gasteiger charge is -2.33. The summed E-state index contributed by atoms with van der Waals surface area (Å²) in [7, 11) is 0. The highest BCUT2D eigenvalue weighted by molar-refractivity contribution is 6.31. The standard InChI is InChI=1S/C22H24ClFN4O/c23-17-12-20-19(13-18(17)24)26-22(28(20)16-6-3-7-16)27-10-8-14(9-11-27)21(29)25-15-4-1-2-5-15/h3,6-7,12-15H,1-2,4-5,8-11H2,(H,25,29). The van der Waals surface area contributed by atoms with Crippen LogP contribution >= 0.6 is 11.6 Å². The second-order valence-electron chi connectivity index (χ2n) is 8.20. The maximum atomic E-state index is 14.0. The molecule has 5 nitrogen and oxygen atoms in total. The smallest absolute Gasteiger partial charge is 0.223 e. The third-order valence-electron chi connectivity index (χ3n) is 6.32. The van der Waals surface area contributed by atoms with Gasteiger partial charge in [0.15, 0.2) is 0 Å². The van der Waals surface area contributed by atoms with E-state index in [2.05, 4.69) is 10.2 Å². The molecule has 2 fully saturated rings. The highest BCUT2D eigenvalue weighted by Crippen LogP contribution is 2.34. The largest absolute Gasteiger partial charge is 0.353 e. The van der Waals surface area contributed by atoms with Crippen LogP contribution < -0.4 is 10.2 Å². The average Bonchev–Trinajstić information content (AvgIpc) is 3.30. The molecule has 29 heavy (non-hydrogen) atoms. The van der Waals surface area contributed by atoms with E-state index < -0.39 is 5.82 Å². The van der Waals surface area contributed by atoms with Gasteiger partial charge in [-0.25, -0.2) is 9.37 Å². The molecule has 1 N–H and O–H groups in total. The molecule has 7 heteroatoms. The molecule has 0 radical (unpaired) electrons. The summed E-state index contributed by atoms with van der Waals surface area (Å²) < 4.78 is 16.0. The molecule has 2 aromatic rings. The van der Waals surface area contributed by atoms with Crippen LogP contribution in [0.5, 0.6) is 0 Å². The molecule has 3 aliphatic rings. The maximum absolute atomic E-state index is 14.0. The minimum atomic E-state index is -0.462. The van der Waals surface area contributed by atoms with Gasteiger partial charge in [0.2, 0.25) is 11.9 Å². The zero-order chi connectivity index (χ0) is 20.0. The summed E-state index contributed by atoms with van der Waals surface area (Å²) in [6.45, 7) is 1.50. The SMILES string of the molecule is O=C(NC1CCCC1)C1CCN(c2nc3cc(F)c(Cl)cc3n2C2=CC=C2)CC1. The lowest BCUT2D eigenvalue weighted by atomic mass is 9.95. The Morgan fingerprint density at radius 3 is 2.55 bits per heavy atom. The number of fused-ring (bicyclic) bond motifs is 1. The molecule has 1 aliphatic heterocycles. The van der Waals surface area contributed by atoms with Gasteiger partial charge in [-0.15, -0.1) is 0 Å². The molecule has 0 bridgehead atoms. The lowest BCUT2D eigenvalue weighted by Crippen LogP contribution is -2.43. The number of carbonyl (C=O) groups excluding carboxylic acids is 1. The predicted molar refractivity (Wildman–Crippen MR) is 113 cm³/mol. The van der Waals surface area contributed by atoms with Crippen LogP contribution in [-0.2, 0) is 4.79 Å². The van der Waals surface area contributed by atoms with Crippen molar-refractivity contribution in [3.63, 3.8) is 0 Å². The van der Waals surface area contributed by atoms with E-state index in [0.29, 0.717) is 11.6 Å². The van der Waals surface area contributed by atoms with Gasteiger partial charge in [0.1, 0.15) is 5.82 Å². The molecule has 0 atom stereocenters. The fourth-order valence-electron chi connectivity index (χ4n) is 4.59. The van der Waals surface area contributed by atoms with Crippen LogP contribution in [0.2, 0.25) is 5.02 Å². The zero-order valence-electron chi connectivity index (χ0n) is 16.2. The molecule has 1 saturated heterocycles. The molecule has 1 saturated carbocycles. The fourth-order valence-corrected chi connectivity index (χ4v) is 4.75. The van der Waals surface area contributed by atoms with Crippen LogP contribution in [0.25, 0.3) is 16.7 Å². The number of anilines is 1. The Balaban J connectivity index is 1.36. The number of aromatic nitrogens is 2. The van der Waals surface area contributed by atoms with Crippen LogP contribution in [0.4, 0.5) is 10.3 Å². The van der Waals surface area contributed by atoms with Crippen molar-refractivity contribution in [1.29, 1.82) is 0 Å². The monoisotopic (exact) mass is 414 g/mol. The third-order valence-corrected chi connectivity index (χ3v) is 6.61. The van der Waals surface area contributed by atoms with E-state index in [9.17, 15) is 9.18 Å².